The molecule has 0 aliphatic heterocycles. The van der Waals surface area contributed by atoms with Crippen LogP contribution in [0.5, 0.6) is 0 Å². The molecule has 0 fully saturated rings. The standard InChI is InChI=1S/C9H18ClO/c1-2-3-4-5-8-11-9-6-7-10/h1-9H2. The maximum atomic E-state index is 5.48. The van der Waals surface area contributed by atoms with Crippen LogP contribution in [0.25, 0.3) is 0 Å². The normalized spacial score (nSPS) is 10.4. The van der Waals surface area contributed by atoms with E-state index in [-0.39, 0.29) is 0 Å². The van der Waals surface area contributed by atoms with Crippen molar-refractivity contribution in [1.29, 1.82) is 0 Å². The maximum absolute atomic E-state index is 5.48. The van der Waals surface area contributed by atoms with E-state index in [1.807, 2.05) is 0 Å². The molecule has 0 spiro atoms. The third kappa shape index (κ3) is 10.2. The average molecular weight is 178 g/mol. The van der Waals surface area contributed by atoms with Crippen LogP contribution < -0.4 is 0 Å². The SMILES string of the molecule is [CH2]CCCCCOCCCCl. The van der Waals surface area contributed by atoms with E-state index in [1.165, 1.54) is 12.8 Å². The van der Waals surface area contributed by atoms with Crippen LogP contribution in [0.2, 0.25) is 0 Å². The van der Waals surface area contributed by atoms with E-state index in [9.17, 15) is 0 Å². The molecule has 0 rings (SSSR count). The molecule has 11 heavy (non-hydrogen) atoms. The molecule has 1 nitrogen and oxygen atoms in total. The largest absolute Gasteiger partial charge is 0.381 e. The first-order chi connectivity index (χ1) is 5.41. The van der Waals surface area contributed by atoms with E-state index in [4.69, 9.17) is 16.3 Å². The predicted octanol–water partition coefficient (Wildman–Crippen LogP) is 3.03. The van der Waals surface area contributed by atoms with Crippen molar-refractivity contribution in [2.75, 3.05) is 19.1 Å². The van der Waals surface area contributed by atoms with Crippen LogP contribution in [0.15, 0.2) is 0 Å². The van der Waals surface area contributed by atoms with E-state index in [2.05, 4.69) is 6.92 Å². The topological polar surface area (TPSA) is 9.23 Å². The summed E-state index contributed by atoms with van der Waals surface area (Å²) in [5.74, 6) is 0.707. The second kappa shape index (κ2) is 10.2. The minimum Gasteiger partial charge on any atom is -0.381 e. The summed E-state index contributed by atoms with van der Waals surface area (Å²) in [5.41, 5.74) is 0. The van der Waals surface area contributed by atoms with Gasteiger partial charge in [-0.1, -0.05) is 26.2 Å². The van der Waals surface area contributed by atoms with Crippen molar-refractivity contribution in [2.24, 2.45) is 0 Å². The molecule has 2 heteroatoms. The summed E-state index contributed by atoms with van der Waals surface area (Å²) < 4.78 is 5.32. The van der Waals surface area contributed by atoms with Gasteiger partial charge in [0.25, 0.3) is 0 Å². The highest BCUT2D eigenvalue weighted by Gasteiger charge is 1.88. The van der Waals surface area contributed by atoms with Crippen molar-refractivity contribution in [3.63, 3.8) is 0 Å². The smallest absolute Gasteiger partial charge is 0.0477 e. The van der Waals surface area contributed by atoms with Gasteiger partial charge in [0.15, 0.2) is 0 Å². The molecule has 0 aromatic heterocycles. The number of hydrogen-bond acceptors (Lipinski definition) is 1. The lowest BCUT2D eigenvalue weighted by Crippen LogP contribution is -1.97. The molecule has 0 heterocycles. The number of hydrogen-bond donors (Lipinski definition) is 0. The van der Waals surface area contributed by atoms with E-state index in [0.29, 0.717) is 5.88 Å². The summed E-state index contributed by atoms with van der Waals surface area (Å²) in [7, 11) is 0. The Kier molecular flexibility index (Phi) is 10.5. The van der Waals surface area contributed by atoms with Gasteiger partial charge in [-0.05, 0) is 12.8 Å². The molecule has 0 aromatic rings. The minimum absolute atomic E-state index is 0.707. The first kappa shape index (κ1) is 11.2. The third-order valence-corrected chi connectivity index (χ3v) is 1.73. The van der Waals surface area contributed by atoms with E-state index in [0.717, 1.165) is 32.5 Å². The molecule has 67 valence electrons. The fourth-order valence-corrected chi connectivity index (χ4v) is 0.925. The number of ether oxygens (including phenoxy) is 1. The van der Waals surface area contributed by atoms with Gasteiger partial charge in [-0.15, -0.1) is 11.6 Å². The molecule has 0 aliphatic rings. The highest BCUT2D eigenvalue weighted by molar-refractivity contribution is 6.17. The zero-order valence-electron chi connectivity index (χ0n) is 7.15. The van der Waals surface area contributed by atoms with Gasteiger partial charge in [-0.2, -0.15) is 0 Å². The molecule has 0 amide bonds. The minimum atomic E-state index is 0.707. The summed E-state index contributed by atoms with van der Waals surface area (Å²) in [5, 5.41) is 0. The fourth-order valence-electron chi connectivity index (χ4n) is 0.816. The molecule has 0 atom stereocenters. The van der Waals surface area contributed by atoms with Crippen LogP contribution in [0, 0.1) is 6.92 Å². The molecule has 1 radical (unpaired) electrons. The lowest BCUT2D eigenvalue weighted by molar-refractivity contribution is 0.131. The van der Waals surface area contributed by atoms with Gasteiger partial charge in [0.2, 0.25) is 0 Å². The summed E-state index contributed by atoms with van der Waals surface area (Å²) in [6.45, 7) is 5.47. The van der Waals surface area contributed by atoms with Gasteiger partial charge < -0.3 is 4.74 Å². The first-order valence-electron chi connectivity index (χ1n) is 4.34. The Labute approximate surface area is 75.1 Å². The van der Waals surface area contributed by atoms with Crippen molar-refractivity contribution >= 4 is 11.6 Å². The lowest BCUT2D eigenvalue weighted by atomic mass is 10.2. The lowest BCUT2D eigenvalue weighted by Gasteiger charge is -2.01. The molecule has 0 N–H and O–H groups in total. The van der Waals surface area contributed by atoms with Crippen LogP contribution in [-0.4, -0.2) is 19.1 Å². The van der Waals surface area contributed by atoms with E-state index in [1.54, 1.807) is 0 Å². The summed E-state index contributed by atoms with van der Waals surface area (Å²) >= 11 is 5.48. The van der Waals surface area contributed by atoms with Crippen molar-refractivity contribution in [3.05, 3.63) is 6.92 Å². The first-order valence-corrected chi connectivity index (χ1v) is 4.88. The van der Waals surface area contributed by atoms with Crippen molar-refractivity contribution < 1.29 is 4.74 Å². The third-order valence-electron chi connectivity index (χ3n) is 1.46. The second-order valence-electron chi connectivity index (χ2n) is 2.57. The van der Waals surface area contributed by atoms with E-state index >= 15 is 0 Å². The molecular formula is C9H18ClO. The molecule has 0 aromatic carbocycles. The Morgan fingerprint density at radius 3 is 2.36 bits per heavy atom. The number of unbranched alkanes of at least 4 members (excludes halogenated alkanes) is 3. The van der Waals surface area contributed by atoms with Crippen molar-refractivity contribution in [2.45, 2.75) is 32.1 Å². The maximum Gasteiger partial charge on any atom is 0.0477 e. The Balaban J connectivity index is 2.69. The molecule has 0 saturated heterocycles. The highest BCUT2D eigenvalue weighted by atomic mass is 35.5. The quantitative estimate of drug-likeness (QED) is 0.409. The Bertz CT molecular complexity index is 58.6. The molecule has 0 bridgehead atoms. The molecule has 0 unspecified atom stereocenters. The van der Waals surface area contributed by atoms with Crippen LogP contribution in [0.3, 0.4) is 0 Å². The van der Waals surface area contributed by atoms with Crippen LogP contribution in [-0.2, 0) is 4.74 Å². The highest BCUT2D eigenvalue weighted by Crippen LogP contribution is 1.98. The molecule has 0 aliphatic carbocycles. The van der Waals surface area contributed by atoms with Gasteiger partial charge in [0.05, 0.1) is 0 Å². The summed E-state index contributed by atoms with van der Waals surface area (Å²) in [4.78, 5) is 0. The summed E-state index contributed by atoms with van der Waals surface area (Å²) in [6.07, 6.45) is 5.64. The predicted molar refractivity (Wildman–Crippen MR) is 50.0 cm³/mol. The molecule has 0 saturated carbocycles. The Hall–Kier alpha value is 0.250. The van der Waals surface area contributed by atoms with Gasteiger partial charge in [-0.3, -0.25) is 0 Å². The zero-order chi connectivity index (χ0) is 8.36. The van der Waals surface area contributed by atoms with Crippen LogP contribution in [0.4, 0.5) is 0 Å². The molecular weight excluding hydrogens is 160 g/mol. The monoisotopic (exact) mass is 177 g/mol. The second-order valence-corrected chi connectivity index (χ2v) is 2.95. The van der Waals surface area contributed by atoms with Crippen LogP contribution in [0.1, 0.15) is 32.1 Å². The van der Waals surface area contributed by atoms with Gasteiger partial charge >= 0.3 is 0 Å². The Morgan fingerprint density at radius 1 is 1.00 bits per heavy atom. The number of halogens is 1. The van der Waals surface area contributed by atoms with Crippen LogP contribution >= 0.6 is 11.6 Å². The van der Waals surface area contributed by atoms with Gasteiger partial charge in [0.1, 0.15) is 0 Å². The van der Waals surface area contributed by atoms with E-state index < -0.39 is 0 Å². The van der Waals surface area contributed by atoms with Crippen molar-refractivity contribution in [3.8, 4) is 0 Å². The zero-order valence-corrected chi connectivity index (χ0v) is 7.91. The Morgan fingerprint density at radius 2 is 1.73 bits per heavy atom. The average Bonchev–Trinajstić information content (AvgIpc) is 2.03. The van der Waals surface area contributed by atoms with Gasteiger partial charge in [-0.25, -0.2) is 0 Å². The number of alkyl halides is 1. The number of rotatable bonds is 8. The summed E-state index contributed by atoms with van der Waals surface area (Å²) in [6, 6.07) is 0. The van der Waals surface area contributed by atoms with Crippen molar-refractivity contribution in [1.82, 2.24) is 0 Å². The fraction of sp³-hybridized carbons (Fsp3) is 0.889. The van der Waals surface area contributed by atoms with Gasteiger partial charge in [0, 0.05) is 19.1 Å².